The molecule has 11 heavy (non-hydrogen) atoms. The normalized spacial score (nSPS) is 15.9. The van der Waals surface area contributed by atoms with Gasteiger partial charge in [0.2, 0.25) is 0 Å². The fourth-order valence-corrected chi connectivity index (χ4v) is 1.56. The van der Waals surface area contributed by atoms with Gasteiger partial charge in [-0.2, -0.15) is 11.8 Å². The van der Waals surface area contributed by atoms with Crippen molar-refractivity contribution >= 4 is 17.7 Å². The molecule has 0 rings (SSSR count). The lowest BCUT2D eigenvalue weighted by Gasteiger charge is -2.16. The minimum atomic E-state index is -0.814. The third-order valence-corrected chi connectivity index (χ3v) is 2.43. The zero-order valence-corrected chi connectivity index (χ0v) is 7.73. The summed E-state index contributed by atoms with van der Waals surface area (Å²) in [4.78, 5) is 10.2. The first-order valence-corrected chi connectivity index (χ1v) is 4.93. The molecule has 0 unspecified atom stereocenters. The standard InChI is InChI=1S/C7H15NO2S/c1-5(4-11-2)6(8)3-7(9)10/h5-6H,3-4,8H2,1-2H3,(H,9,10)/t5-,6-/m1/s1. The Bertz CT molecular complexity index is 130. The Morgan fingerprint density at radius 2 is 2.27 bits per heavy atom. The van der Waals surface area contributed by atoms with E-state index in [0.29, 0.717) is 0 Å². The Morgan fingerprint density at radius 1 is 1.73 bits per heavy atom. The van der Waals surface area contributed by atoms with Gasteiger partial charge in [0.15, 0.2) is 0 Å². The Morgan fingerprint density at radius 3 is 2.64 bits per heavy atom. The number of thioether (sulfide) groups is 1. The number of rotatable bonds is 5. The van der Waals surface area contributed by atoms with Gasteiger partial charge in [0.05, 0.1) is 6.42 Å². The second-order valence-corrected chi connectivity index (χ2v) is 3.61. The van der Waals surface area contributed by atoms with Crippen LogP contribution in [0.1, 0.15) is 13.3 Å². The Kier molecular flexibility index (Phi) is 5.32. The molecule has 0 amide bonds. The SMILES string of the molecule is CSC[C@@H](C)[C@H](N)CC(=O)O. The van der Waals surface area contributed by atoms with Crippen LogP contribution >= 0.6 is 11.8 Å². The number of aliphatic carboxylic acids is 1. The molecule has 0 saturated carbocycles. The van der Waals surface area contributed by atoms with E-state index in [1.165, 1.54) is 0 Å². The van der Waals surface area contributed by atoms with Crippen LogP contribution in [0.2, 0.25) is 0 Å². The number of carboxylic acid groups (broad SMARTS) is 1. The van der Waals surface area contributed by atoms with E-state index in [0.717, 1.165) is 5.75 Å². The maximum absolute atomic E-state index is 10.2. The number of nitrogens with two attached hydrogens (primary N) is 1. The van der Waals surface area contributed by atoms with Gasteiger partial charge in [-0.3, -0.25) is 4.79 Å². The summed E-state index contributed by atoms with van der Waals surface area (Å²) >= 11 is 1.69. The fraction of sp³-hybridized carbons (Fsp3) is 0.857. The van der Waals surface area contributed by atoms with Crippen LogP contribution in [-0.2, 0) is 4.79 Å². The van der Waals surface area contributed by atoms with E-state index in [1.54, 1.807) is 11.8 Å². The first-order chi connectivity index (χ1) is 5.07. The first kappa shape index (κ1) is 10.8. The van der Waals surface area contributed by atoms with Gasteiger partial charge in [-0.25, -0.2) is 0 Å². The predicted octanol–water partition coefficient (Wildman–Crippen LogP) is 0.788. The molecule has 0 heterocycles. The van der Waals surface area contributed by atoms with E-state index < -0.39 is 5.97 Å². The monoisotopic (exact) mass is 177 g/mol. The Labute approximate surface area is 71.3 Å². The van der Waals surface area contributed by atoms with Gasteiger partial charge in [-0.1, -0.05) is 6.92 Å². The summed E-state index contributed by atoms with van der Waals surface area (Å²) < 4.78 is 0. The highest BCUT2D eigenvalue weighted by Gasteiger charge is 2.14. The van der Waals surface area contributed by atoms with Crippen LogP contribution in [-0.4, -0.2) is 29.1 Å². The van der Waals surface area contributed by atoms with Crippen LogP contribution in [0.15, 0.2) is 0 Å². The van der Waals surface area contributed by atoms with E-state index in [1.807, 2.05) is 13.2 Å². The van der Waals surface area contributed by atoms with Crippen LogP contribution in [0.5, 0.6) is 0 Å². The molecule has 0 fully saturated rings. The minimum absolute atomic E-state index is 0.0712. The Balaban J connectivity index is 3.63. The maximum atomic E-state index is 10.2. The van der Waals surface area contributed by atoms with E-state index >= 15 is 0 Å². The minimum Gasteiger partial charge on any atom is -0.481 e. The molecular formula is C7H15NO2S. The summed E-state index contributed by atoms with van der Waals surface area (Å²) in [7, 11) is 0. The zero-order chi connectivity index (χ0) is 8.85. The maximum Gasteiger partial charge on any atom is 0.304 e. The topological polar surface area (TPSA) is 63.3 Å². The van der Waals surface area contributed by atoms with Crippen LogP contribution in [0.3, 0.4) is 0 Å². The van der Waals surface area contributed by atoms with Crippen molar-refractivity contribution < 1.29 is 9.90 Å². The predicted molar refractivity (Wildman–Crippen MR) is 47.8 cm³/mol. The summed E-state index contributed by atoms with van der Waals surface area (Å²) in [5.41, 5.74) is 5.61. The van der Waals surface area contributed by atoms with E-state index in [2.05, 4.69) is 0 Å². The fourth-order valence-electron chi connectivity index (χ4n) is 0.789. The van der Waals surface area contributed by atoms with Gasteiger partial charge in [-0.15, -0.1) is 0 Å². The number of hydrogen-bond acceptors (Lipinski definition) is 3. The molecule has 0 aliphatic carbocycles. The second-order valence-electron chi connectivity index (χ2n) is 2.69. The average molecular weight is 177 g/mol. The first-order valence-electron chi connectivity index (χ1n) is 3.54. The molecule has 0 aliphatic heterocycles. The van der Waals surface area contributed by atoms with E-state index in [9.17, 15) is 4.79 Å². The summed E-state index contributed by atoms with van der Waals surface area (Å²) in [6.45, 7) is 1.98. The third kappa shape index (κ3) is 5.09. The highest BCUT2D eigenvalue weighted by atomic mass is 32.2. The zero-order valence-electron chi connectivity index (χ0n) is 6.91. The molecule has 0 aromatic heterocycles. The molecule has 4 heteroatoms. The quantitative estimate of drug-likeness (QED) is 0.651. The lowest BCUT2D eigenvalue weighted by Crippen LogP contribution is -2.32. The van der Waals surface area contributed by atoms with Gasteiger partial charge in [-0.05, 0) is 17.9 Å². The average Bonchev–Trinajstić information content (AvgIpc) is 1.86. The van der Waals surface area contributed by atoms with Crippen LogP contribution in [0, 0.1) is 5.92 Å². The summed E-state index contributed by atoms with van der Waals surface area (Å²) in [6.07, 6.45) is 2.06. The van der Waals surface area contributed by atoms with Gasteiger partial charge in [0, 0.05) is 6.04 Å². The Hall–Kier alpha value is -0.220. The molecule has 0 radical (unpaired) electrons. The summed E-state index contributed by atoms with van der Waals surface area (Å²) in [5.74, 6) is 0.389. The van der Waals surface area contributed by atoms with Crippen molar-refractivity contribution in [1.29, 1.82) is 0 Å². The van der Waals surface area contributed by atoms with E-state index in [-0.39, 0.29) is 18.4 Å². The van der Waals surface area contributed by atoms with Crippen molar-refractivity contribution in [2.24, 2.45) is 11.7 Å². The molecule has 0 aromatic rings. The third-order valence-electron chi connectivity index (χ3n) is 1.57. The molecule has 0 bridgehead atoms. The molecule has 66 valence electrons. The molecule has 0 aliphatic rings. The number of carbonyl (C=O) groups is 1. The molecule has 0 aromatic carbocycles. The van der Waals surface area contributed by atoms with Crippen molar-refractivity contribution in [3.8, 4) is 0 Å². The van der Waals surface area contributed by atoms with Gasteiger partial charge < -0.3 is 10.8 Å². The molecule has 3 N–H and O–H groups in total. The molecular weight excluding hydrogens is 162 g/mol. The molecule has 0 spiro atoms. The molecule has 3 nitrogen and oxygen atoms in total. The van der Waals surface area contributed by atoms with Crippen molar-refractivity contribution in [3.05, 3.63) is 0 Å². The number of hydrogen-bond donors (Lipinski definition) is 2. The lowest BCUT2D eigenvalue weighted by atomic mass is 10.0. The summed E-state index contributed by atoms with van der Waals surface area (Å²) in [5, 5.41) is 8.41. The smallest absolute Gasteiger partial charge is 0.304 e. The van der Waals surface area contributed by atoms with Crippen LogP contribution < -0.4 is 5.73 Å². The highest BCUT2D eigenvalue weighted by molar-refractivity contribution is 7.98. The van der Waals surface area contributed by atoms with Gasteiger partial charge >= 0.3 is 5.97 Å². The lowest BCUT2D eigenvalue weighted by molar-refractivity contribution is -0.137. The second kappa shape index (κ2) is 5.43. The van der Waals surface area contributed by atoms with Crippen molar-refractivity contribution in [3.63, 3.8) is 0 Å². The van der Waals surface area contributed by atoms with Crippen molar-refractivity contribution in [2.45, 2.75) is 19.4 Å². The van der Waals surface area contributed by atoms with Crippen molar-refractivity contribution in [1.82, 2.24) is 0 Å². The van der Waals surface area contributed by atoms with E-state index in [4.69, 9.17) is 10.8 Å². The van der Waals surface area contributed by atoms with Gasteiger partial charge in [0.1, 0.15) is 0 Å². The van der Waals surface area contributed by atoms with Crippen molar-refractivity contribution in [2.75, 3.05) is 12.0 Å². The number of carboxylic acids is 1. The molecule has 2 atom stereocenters. The van der Waals surface area contributed by atoms with Crippen LogP contribution in [0.25, 0.3) is 0 Å². The largest absolute Gasteiger partial charge is 0.481 e. The summed E-state index contributed by atoms with van der Waals surface area (Å²) in [6, 6.07) is -0.208. The van der Waals surface area contributed by atoms with Gasteiger partial charge in [0.25, 0.3) is 0 Å². The highest BCUT2D eigenvalue weighted by Crippen LogP contribution is 2.10. The molecule has 0 saturated heterocycles. The van der Waals surface area contributed by atoms with Crippen LogP contribution in [0.4, 0.5) is 0 Å².